The second-order valence-electron chi connectivity index (χ2n) is 5.57. The molecule has 0 fully saturated rings. The van der Waals surface area contributed by atoms with Gasteiger partial charge in [0, 0.05) is 0 Å². The molecule has 0 aliphatic heterocycles. The molecule has 1 atom stereocenters. The largest absolute Gasteiger partial charge is 0.444 e. The van der Waals surface area contributed by atoms with Gasteiger partial charge in [-0.3, -0.25) is 4.79 Å². The molecule has 2 amide bonds. The third kappa shape index (κ3) is 7.31. The van der Waals surface area contributed by atoms with Gasteiger partial charge in [0.2, 0.25) is 5.91 Å². The topological polar surface area (TPSA) is 90.7 Å². The first-order valence-electron chi connectivity index (χ1n) is 6.69. The van der Waals surface area contributed by atoms with Crippen molar-refractivity contribution in [3.63, 3.8) is 0 Å². The molecule has 1 aromatic rings. The van der Waals surface area contributed by atoms with Gasteiger partial charge in [-0.25, -0.2) is 4.79 Å². The van der Waals surface area contributed by atoms with Gasteiger partial charge in [0.25, 0.3) is 0 Å². The van der Waals surface area contributed by atoms with Crippen molar-refractivity contribution in [1.82, 2.24) is 5.32 Å². The van der Waals surface area contributed by atoms with Gasteiger partial charge in [0.15, 0.2) is 6.10 Å². The molecule has 0 aliphatic carbocycles. The van der Waals surface area contributed by atoms with Crippen molar-refractivity contribution < 1.29 is 19.1 Å². The molecule has 1 unspecified atom stereocenters. The second kappa shape index (κ2) is 7.64. The third-order valence-corrected chi connectivity index (χ3v) is 2.44. The number of benzene rings is 1. The van der Waals surface area contributed by atoms with E-state index in [4.69, 9.17) is 15.2 Å². The summed E-state index contributed by atoms with van der Waals surface area (Å²) < 4.78 is 10.5. The van der Waals surface area contributed by atoms with Crippen molar-refractivity contribution in [1.29, 1.82) is 0 Å². The van der Waals surface area contributed by atoms with E-state index in [1.165, 1.54) is 0 Å². The lowest BCUT2D eigenvalue weighted by molar-refractivity contribution is -0.129. The summed E-state index contributed by atoms with van der Waals surface area (Å²) in [6.45, 7) is 5.47. The Hall–Kier alpha value is -2.08. The summed E-state index contributed by atoms with van der Waals surface area (Å²) in [7, 11) is 0. The molecule has 1 rings (SSSR count). The molecule has 6 nitrogen and oxygen atoms in total. The molecule has 6 heteroatoms. The van der Waals surface area contributed by atoms with Gasteiger partial charge in [-0.1, -0.05) is 30.3 Å². The fourth-order valence-electron chi connectivity index (χ4n) is 1.50. The van der Waals surface area contributed by atoms with Crippen molar-refractivity contribution in [3.05, 3.63) is 35.9 Å². The zero-order valence-corrected chi connectivity index (χ0v) is 12.6. The standard InChI is InChI=1S/C15H22N2O4/c1-15(2,3)21-14(19)17-9-12(13(16)18)20-10-11-7-5-4-6-8-11/h4-8,12H,9-10H2,1-3H3,(H2,16,18)(H,17,19). The first-order valence-corrected chi connectivity index (χ1v) is 6.69. The summed E-state index contributed by atoms with van der Waals surface area (Å²) in [6.07, 6.45) is -1.52. The second-order valence-corrected chi connectivity index (χ2v) is 5.57. The van der Waals surface area contributed by atoms with E-state index in [2.05, 4.69) is 5.32 Å². The molecule has 0 saturated heterocycles. The smallest absolute Gasteiger partial charge is 0.407 e. The molecule has 0 bridgehead atoms. The van der Waals surface area contributed by atoms with E-state index in [9.17, 15) is 9.59 Å². The number of alkyl carbamates (subject to hydrolysis) is 1. The average Bonchev–Trinajstić information content (AvgIpc) is 2.37. The minimum absolute atomic E-state index is 0.0307. The molecule has 0 aliphatic rings. The maximum Gasteiger partial charge on any atom is 0.407 e. The Morgan fingerprint density at radius 1 is 1.24 bits per heavy atom. The third-order valence-electron chi connectivity index (χ3n) is 2.44. The van der Waals surface area contributed by atoms with E-state index in [-0.39, 0.29) is 13.2 Å². The van der Waals surface area contributed by atoms with Crippen LogP contribution in [0.3, 0.4) is 0 Å². The molecule has 116 valence electrons. The number of ether oxygens (including phenoxy) is 2. The van der Waals surface area contributed by atoms with Crippen LogP contribution in [0.1, 0.15) is 26.3 Å². The monoisotopic (exact) mass is 294 g/mol. The quantitative estimate of drug-likeness (QED) is 0.833. The van der Waals surface area contributed by atoms with Crippen molar-refractivity contribution in [3.8, 4) is 0 Å². The van der Waals surface area contributed by atoms with E-state index in [1.54, 1.807) is 20.8 Å². The van der Waals surface area contributed by atoms with Crippen molar-refractivity contribution >= 4 is 12.0 Å². The number of carbonyl (C=O) groups excluding carboxylic acids is 2. The van der Waals surface area contributed by atoms with Crippen LogP contribution < -0.4 is 11.1 Å². The van der Waals surface area contributed by atoms with Gasteiger partial charge in [-0.15, -0.1) is 0 Å². The Bertz CT molecular complexity index is 468. The van der Waals surface area contributed by atoms with E-state index in [0.717, 1.165) is 5.56 Å². The Balaban J connectivity index is 2.44. The van der Waals surface area contributed by atoms with Crippen LogP contribution in [0.4, 0.5) is 4.79 Å². The number of hydrogen-bond acceptors (Lipinski definition) is 4. The van der Waals surface area contributed by atoms with Gasteiger partial charge >= 0.3 is 6.09 Å². The number of amides is 2. The highest BCUT2D eigenvalue weighted by atomic mass is 16.6. The summed E-state index contributed by atoms with van der Waals surface area (Å²) in [4.78, 5) is 22.8. The van der Waals surface area contributed by atoms with Crippen molar-refractivity contribution in [2.24, 2.45) is 5.73 Å². The number of rotatable bonds is 6. The average molecular weight is 294 g/mol. The fourth-order valence-corrected chi connectivity index (χ4v) is 1.50. The highest BCUT2D eigenvalue weighted by Crippen LogP contribution is 2.07. The number of nitrogens with two attached hydrogens (primary N) is 1. The summed E-state index contributed by atoms with van der Waals surface area (Å²) in [6, 6.07) is 9.38. The molecule has 0 saturated carbocycles. The molecule has 1 aromatic carbocycles. The molecule has 0 aromatic heterocycles. The van der Waals surface area contributed by atoms with Crippen LogP contribution in [-0.2, 0) is 20.9 Å². The summed E-state index contributed by atoms with van der Waals surface area (Å²) in [5.74, 6) is -0.637. The lowest BCUT2D eigenvalue weighted by atomic mass is 10.2. The van der Waals surface area contributed by atoms with E-state index >= 15 is 0 Å². The molecule has 21 heavy (non-hydrogen) atoms. The zero-order chi connectivity index (χ0) is 15.9. The maximum absolute atomic E-state index is 11.5. The summed E-state index contributed by atoms with van der Waals surface area (Å²) in [5.41, 5.74) is 5.58. The SMILES string of the molecule is CC(C)(C)OC(=O)NCC(OCc1ccccc1)C(N)=O. The van der Waals surface area contributed by atoms with Crippen LogP contribution in [0.2, 0.25) is 0 Å². The lowest BCUT2D eigenvalue weighted by Gasteiger charge is -2.21. The van der Waals surface area contributed by atoms with Crippen LogP contribution in [0.15, 0.2) is 30.3 Å². The van der Waals surface area contributed by atoms with E-state index in [0.29, 0.717) is 0 Å². The Morgan fingerprint density at radius 3 is 2.38 bits per heavy atom. The van der Waals surface area contributed by atoms with Crippen LogP contribution in [0.25, 0.3) is 0 Å². The maximum atomic E-state index is 11.5. The normalized spacial score (nSPS) is 12.5. The summed E-state index contributed by atoms with van der Waals surface area (Å²) >= 11 is 0. The minimum Gasteiger partial charge on any atom is -0.444 e. The van der Waals surface area contributed by atoms with Gasteiger partial charge in [-0.2, -0.15) is 0 Å². The number of hydrogen-bond donors (Lipinski definition) is 2. The van der Waals surface area contributed by atoms with Crippen LogP contribution in [-0.4, -0.2) is 30.3 Å². The Kier molecular flexibility index (Phi) is 6.17. The molecular weight excluding hydrogens is 272 g/mol. The van der Waals surface area contributed by atoms with Crippen LogP contribution in [0, 0.1) is 0 Å². The minimum atomic E-state index is -0.905. The van der Waals surface area contributed by atoms with E-state index < -0.39 is 23.7 Å². The predicted octanol–water partition coefficient (Wildman–Crippen LogP) is 1.58. The lowest BCUT2D eigenvalue weighted by Crippen LogP contribution is -2.43. The predicted molar refractivity (Wildman–Crippen MR) is 78.5 cm³/mol. The number of carbonyl (C=O) groups is 2. The van der Waals surface area contributed by atoms with Gasteiger partial charge in [0.05, 0.1) is 13.2 Å². The molecule has 3 N–H and O–H groups in total. The Labute approximate surface area is 124 Å². The van der Waals surface area contributed by atoms with Gasteiger partial charge in [-0.05, 0) is 26.3 Å². The highest BCUT2D eigenvalue weighted by Gasteiger charge is 2.20. The van der Waals surface area contributed by atoms with Crippen molar-refractivity contribution in [2.75, 3.05) is 6.54 Å². The van der Waals surface area contributed by atoms with Crippen LogP contribution in [0.5, 0.6) is 0 Å². The highest BCUT2D eigenvalue weighted by molar-refractivity contribution is 5.80. The van der Waals surface area contributed by atoms with Gasteiger partial charge < -0.3 is 20.5 Å². The molecule has 0 radical (unpaired) electrons. The first kappa shape index (κ1) is 17.0. The summed E-state index contributed by atoms with van der Waals surface area (Å²) in [5, 5.41) is 2.47. The molecule has 0 spiro atoms. The van der Waals surface area contributed by atoms with E-state index in [1.807, 2.05) is 30.3 Å². The zero-order valence-electron chi connectivity index (χ0n) is 12.6. The first-order chi connectivity index (χ1) is 9.78. The fraction of sp³-hybridized carbons (Fsp3) is 0.467. The van der Waals surface area contributed by atoms with Crippen LogP contribution >= 0.6 is 0 Å². The Morgan fingerprint density at radius 2 is 1.86 bits per heavy atom. The molecular formula is C15H22N2O4. The van der Waals surface area contributed by atoms with Crippen molar-refractivity contribution in [2.45, 2.75) is 39.1 Å². The molecule has 0 heterocycles. The number of primary amides is 1. The van der Waals surface area contributed by atoms with Gasteiger partial charge in [0.1, 0.15) is 5.60 Å². The number of nitrogens with one attached hydrogen (secondary N) is 1.